The van der Waals surface area contributed by atoms with Crippen LogP contribution in [0.2, 0.25) is 0 Å². The molecule has 0 saturated heterocycles. The molecule has 6 heteroatoms. The van der Waals surface area contributed by atoms with Crippen LogP contribution in [0.15, 0.2) is 41.2 Å². The van der Waals surface area contributed by atoms with Crippen LogP contribution in [-0.2, 0) is 9.47 Å². The van der Waals surface area contributed by atoms with Crippen LogP contribution in [0.4, 0.5) is 0 Å². The molecular weight excluding hydrogens is 340 g/mol. The first-order chi connectivity index (χ1) is 12.2. The van der Waals surface area contributed by atoms with Crippen LogP contribution >= 0.6 is 11.3 Å². The van der Waals surface area contributed by atoms with Gasteiger partial charge in [-0.3, -0.25) is 4.79 Å². The molecule has 0 atom stereocenters. The van der Waals surface area contributed by atoms with Gasteiger partial charge in [0, 0.05) is 21.9 Å². The van der Waals surface area contributed by atoms with Crippen molar-refractivity contribution >= 4 is 37.5 Å². The van der Waals surface area contributed by atoms with Crippen LogP contribution in [0.1, 0.15) is 17.3 Å². The lowest BCUT2D eigenvalue weighted by Gasteiger charge is -2.09. The molecule has 0 aliphatic carbocycles. The Hall–Kier alpha value is -2.44. The molecule has 3 aromatic rings. The van der Waals surface area contributed by atoms with Crippen molar-refractivity contribution in [2.75, 3.05) is 26.9 Å². The van der Waals surface area contributed by atoms with Gasteiger partial charge in [0.2, 0.25) is 0 Å². The van der Waals surface area contributed by atoms with Crippen LogP contribution in [0.3, 0.4) is 0 Å². The molecule has 0 N–H and O–H groups in total. The van der Waals surface area contributed by atoms with Crippen molar-refractivity contribution in [2.24, 2.45) is 0 Å². The molecule has 0 spiro atoms. The summed E-state index contributed by atoms with van der Waals surface area (Å²) in [5.74, 6) is 0.160. The van der Waals surface area contributed by atoms with E-state index in [2.05, 4.69) is 0 Å². The fourth-order valence-electron chi connectivity index (χ4n) is 2.56. The molecule has 0 unspecified atom stereocenters. The number of hydrogen-bond acceptors (Lipinski definition) is 6. The summed E-state index contributed by atoms with van der Waals surface area (Å²) in [5, 5.41) is 1.12. The zero-order valence-electron chi connectivity index (χ0n) is 14.0. The van der Waals surface area contributed by atoms with Gasteiger partial charge < -0.3 is 14.2 Å². The normalized spacial score (nSPS) is 11.0. The molecule has 25 heavy (non-hydrogen) atoms. The van der Waals surface area contributed by atoms with Crippen LogP contribution in [0, 0.1) is 0 Å². The average molecular weight is 358 g/mol. The monoisotopic (exact) mass is 358 g/mol. The summed E-state index contributed by atoms with van der Waals surface area (Å²) in [6.07, 6.45) is 0. The molecule has 0 radical (unpaired) electrons. The molecule has 5 nitrogen and oxygen atoms in total. The first-order valence-electron chi connectivity index (χ1n) is 7.94. The summed E-state index contributed by atoms with van der Waals surface area (Å²) in [6, 6.07) is 10.5. The van der Waals surface area contributed by atoms with Crippen molar-refractivity contribution in [1.82, 2.24) is 0 Å². The van der Waals surface area contributed by atoms with Gasteiger partial charge in [0.1, 0.15) is 12.4 Å². The standard InChI is InChI=1S/C19H18O5S/c1-3-23-19(21)12-7-8-13-16(11-12)25-15-6-4-5-14(17(15)18(13)20)24-10-9-22-2/h4-8,11H,3,9-10H2,1-2H3. The van der Waals surface area contributed by atoms with E-state index in [1.165, 1.54) is 11.3 Å². The maximum Gasteiger partial charge on any atom is 0.338 e. The van der Waals surface area contributed by atoms with E-state index >= 15 is 0 Å². The number of carbonyl (C=O) groups is 1. The molecule has 0 amide bonds. The van der Waals surface area contributed by atoms with Gasteiger partial charge in [-0.05, 0) is 37.3 Å². The lowest BCUT2D eigenvalue weighted by atomic mass is 10.1. The number of methoxy groups -OCH3 is 1. The Morgan fingerprint density at radius 1 is 1.12 bits per heavy atom. The zero-order chi connectivity index (χ0) is 17.8. The molecule has 130 valence electrons. The zero-order valence-corrected chi connectivity index (χ0v) is 14.9. The molecular formula is C19H18O5S. The maximum absolute atomic E-state index is 12.9. The molecule has 0 saturated carbocycles. The minimum atomic E-state index is -0.388. The van der Waals surface area contributed by atoms with Gasteiger partial charge in [-0.15, -0.1) is 11.3 Å². The predicted molar refractivity (Wildman–Crippen MR) is 98.9 cm³/mol. The number of benzene rings is 2. The topological polar surface area (TPSA) is 61.8 Å². The average Bonchev–Trinajstić information content (AvgIpc) is 2.62. The highest BCUT2D eigenvalue weighted by molar-refractivity contribution is 7.24. The number of rotatable bonds is 6. The fourth-order valence-corrected chi connectivity index (χ4v) is 3.70. The molecule has 0 fully saturated rings. The van der Waals surface area contributed by atoms with E-state index in [-0.39, 0.29) is 11.4 Å². The van der Waals surface area contributed by atoms with Crippen LogP contribution in [-0.4, -0.2) is 32.9 Å². The Morgan fingerprint density at radius 3 is 2.72 bits per heavy atom. The highest BCUT2D eigenvalue weighted by atomic mass is 32.1. The van der Waals surface area contributed by atoms with Gasteiger partial charge in [-0.25, -0.2) is 4.79 Å². The molecule has 0 aliphatic rings. The van der Waals surface area contributed by atoms with E-state index in [1.54, 1.807) is 38.3 Å². The Bertz CT molecular complexity index is 977. The summed E-state index contributed by atoms with van der Waals surface area (Å²) in [5.41, 5.74) is 0.337. The summed E-state index contributed by atoms with van der Waals surface area (Å²) in [6.45, 7) is 2.90. The Labute approximate surface area is 148 Å². The van der Waals surface area contributed by atoms with Gasteiger partial charge in [0.05, 0.1) is 24.2 Å². The van der Waals surface area contributed by atoms with Crippen molar-refractivity contribution in [3.63, 3.8) is 0 Å². The van der Waals surface area contributed by atoms with Crippen molar-refractivity contribution in [3.8, 4) is 5.75 Å². The second-order valence-electron chi connectivity index (χ2n) is 5.33. The lowest BCUT2D eigenvalue weighted by Crippen LogP contribution is -2.09. The molecule has 0 aliphatic heterocycles. The lowest BCUT2D eigenvalue weighted by molar-refractivity contribution is 0.0526. The van der Waals surface area contributed by atoms with Crippen molar-refractivity contribution in [3.05, 3.63) is 52.2 Å². The molecule has 3 rings (SSSR count). The summed E-state index contributed by atoms with van der Waals surface area (Å²) in [4.78, 5) is 24.8. The molecule has 2 aromatic carbocycles. The van der Waals surface area contributed by atoms with E-state index in [9.17, 15) is 9.59 Å². The Morgan fingerprint density at radius 2 is 1.96 bits per heavy atom. The van der Waals surface area contributed by atoms with Gasteiger partial charge in [0.15, 0.2) is 5.43 Å². The number of esters is 1. The number of carbonyl (C=O) groups excluding carboxylic acids is 1. The largest absolute Gasteiger partial charge is 0.490 e. The molecule has 1 aromatic heterocycles. The van der Waals surface area contributed by atoms with Crippen LogP contribution < -0.4 is 10.2 Å². The minimum absolute atomic E-state index is 0.104. The van der Waals surface area contributed by atoms with Gasteiger partial charge in [0.25, 0.3) is 0 Å². The Kier molecular flexibility index (Phi) is 5.31. The number of ether oxygens (including phenoxy) is 3. The quantitative estimate of drug-likeness (QED) is 0.383. The van der Waals surface area contributed by atoms with Crippen LogP contribution in [0.25, 0.3) is 20.2 Å². The third kappa shape index (κ3) is 3.50. The van der Waals surface area contributed by atoms with Gasteiger partial charge in [-0.2, -0.15) is 0 Å². The number of fused-ring (bicyclic) bond motifs is 2. The summed E-state index contributed by atoms with van der Waals surface area (Å²) >= 11 is 1.45. The minimum Gasteiger partial charge on any atom is -0.490 e. The summed E-state index contributed by atoms with van der Waals surface area (Å²) in [7, 11) is 1.60. The smallest absolute Gasteiger partial charge is 0.338 e. The first-order valence-corrected chi connectivity index (χ1v) is 8.75. The maximum atomic E-state index is 12.9. The molecule has 1 heterocycles. The third-order valence-corrected chi connectivity index (χ3v) is 4.84. The van der Waals surface area contributed by atoms with Gasteiger partial charge in [-0.1, -0.05) is 6.07 Å². The van der Waals surface area contributed by atoms with E-state index in [0.29, 0.717) is 41.9 Å². The first kappa shape index (κ1) is 17.4. The van der Waals surface area contributed by atoms with E-state index in [4.69, 9.17) is 14.2 Å². The third-order valence-electron chi connectivity index (χ3n) is 3.72. The van der Waals surface area contributed by atoms with E-state index < -0.39 is 0 Å². The molecule has 0 bridgehead atoms. The SMILES string of the molecule is CCOC(=O)c1ccc2c(=O)c3c(OCCOC)cccc3sc2c1. The fraction of sp³-hybridized carbons (Fsp3) is 0.263. The second-order valence-corrected chi connectivity index (χ2v) is 6.42. The van der Waals surface area contributed by atoms with Crippen molar-refractivity contribution in [2.45, 2.75) is 6.92 Å². The van der Waals surface area contributed by atoms with Gasteiger partial charge >= 0.3 is 5.97 Å². The Balaban J connectivity index is 2.13. The highest BCUT2D eigenvalue weighted by Crippen LogP contribution is 2.30. The second kappa shape index (κ2) is 7.63. The predicted octanol–water partition coefficient (Wildman–Crippen LogP) is 3.62. The van der Waals surface area contributed by atoms with E-state index in [0.717, 1.165) is 9.40 Å². The van der Waals surface area contributed by atoms with E-state index in [1.807, 2.05) is 12.1 Å². The van der Waals surface area contributed by atoms with Crippen molar-refractivity contribution < 1.29 is 19.0 Å². The highest BCUT2D eigenvalue weighted by Gasteiger charge is 2.13. The van der Waals surface area contributed by atoms with Crippen LogP contribution in [0.5, 0.6) is 5.75 Å². The van der Waals surface area contributed by atoms with Crippen molar-refractivity contribution in [1.29, 1.82) is 0 Å². The number of hydrogen-bond donors (Lipinski definition) is 0. The summed E-state index contributed by atoms with van der Waals surface area (Å²) < 4.78 is 17.3.